The number of ether oxygens (including phenoxy) is 1. The highest BCUT2D eigenvalue weighted by Crippen LogP contribution is 2.27. The highest BCUT2D eigenvalue weighted by molar-refractivity contribution is 5.92. The van der Waals surface area contributed by atoms with Crippen LogP contribution in [0.15, 0.2) is 34.7 Å². The second kappa shape index (κ2) is 9.07. The van der Waals surface area contributed by atoms with Crippen LogP contribution in [0.3, 0.4) is 0 Å². The smallest absolute Gasteiger partial charge is 0.310 e. The first-order chi connectivity index (χ1) is 14.2. The van der Waals surface area contributed by atoms with Crippen LogP contribution in [-0.2, 0) is 21.4 Å². The van der Waals surface area contributed by atoms with Crippen molar-refractivity contribution >= 4 is 11.9 Å². The maximum atomic E-state index is 12.9. The van der Waals surface area contributed by atoms with Crippen LogP contribution in [0.2, 0.25) is 0 Å². The fourth-order valence-electron chi connectivity index (χ4n) is 3.87. The van der Waals surface area contributed by atoms with E-state index in [1.54, 1.807) is 17.9 Å². The Kier molecular flexibility index (Phi) is 6.69. The van der Waals surface area contributed by atoms with Gasteiger partial charge in [0.1, 0.15) is 5.76 Å². The van der Waals surface area contributed by atoms with E-state index in [1.807, 2.05) is 6.07 Å². The minimum Gasteiger partial charge on any atom is -0.466 e. The first kappa shape index (κ1) is 22.1. The molecule has 2 heterocycles. The van der Waals surface area contributed by atoms with E-state index in [2.05, 4.69) is 45.9 Å². The van der Waals surface area contributed by atoms with Crippen molar-refractivity contribution in [1.29, 1.82) is 0 Å². The number of piperidine rings is 1. The molecule has 2 aromatic rings. The van der Waals surface area contributed by atoms with Crippen molar-refractivity contribution in [2.75, 3.05) is 19.7 Å². The van der Waals surface area contributed by atoms with Gasteiger partial charge in [-0.2, -0.15) is 0 Å². The maximum Gasteiger partial charge on any atom is 0.310 e. The molecular weight excluding hydrogens is 378 g/mol. The van der Waals surface area contributed by atoms with Gasteiger partial charge in [-0.25, -0.2) is 0 Å². The van der Waals surface area contributed by atoms with Gasteiger partial charge in [-0.3, -0.25) is 9.59 Å². The topological polar surface area (TPSA) is 59.8 Å². The van der Waals surface area contributed by atoms with Gasteiger partial charge in [-0.15, -0.1) is 0 Å². The number of rotatable bonds is 5. The summed E-state index contributed by atoms with van der Waals surface area (Å²) in [6, 6.07) is 10.2. The fourth-order valence-corrected chi connectivity index (χ4v) is 3.87. The molecule has 1 aliphatic heterocycles. The number of aryl methyl sites for hydroxylation is 1. The molecule has 0 N–H and O–H groups in total. The van der Waals surface area contributed by atoms with Crippen LogP contribution in [0.1, 0.15) is 73.5 Å². The third-order valence-corrected chi connectivity index (χ3v) is 5.78. The van der Waals surface area contributed by atoms with E-state index < -0.39 is 0 Å². The molecule has 5 heteroatoms. The zero-order chi connectivity index (χ0) is 21.9. The molecule has 0 aliphatic carbocycles. The first-order valence-corrected chi connectivity index (χ1v) is 10.8. The van der Waals surface area contributed by atoms with Crippen molar-refractivity contribution in [3.05, 3.63) is 58.5 Å². The Bertz CT molecular complexity index is 906. The number of hydrogen-bond acceptors (Lipinski definition) is 4. The first-order valence-electron chi connectivity index (χ1n) is 10.8. The van der Waals surface area contributed by atoms with Gasteiger partial charge in [0.2, 0.25) is 0 Å². The predicted molar refractivity (Wildman–Crippen MR) is 117 cm³/mol. The molecule has 1 atom stereocenters. The molecule has 30 heavy (non-hydrogen) atoms. The van der Waals surface area contributed by atoms with E-state index in [4.69, 9.17) is 9.15 Å². The number of hydrogen-bond donors (Lipinski definition) is 0. The van der Waals surface area contributed by atoms with E-state index in [1.165, 1.54) is 16.7 Å². The third kappa shape index (κ3) is 5.13. The number of furan rings is 1. The standard InChI is InChI=1S/C25H33NO4/c1-6-29-24(28)18-8-7-13-26(16-18)23(27)22-12-11-21(30-22)15-19-14-20(25(3,4)5)10-9-17(19)2/h9-12,14,18H,6-8,13,15-16H2,1-5H3. The minimum atomic E-state index is -0.250. The van der Waals surface area contributed by atoms with Gasteiger partial charge in [-0.1, -0.05) is 39.0 Å². The number of nitrogens with zero attached hydrogens (tertiary/aromatic N) is 1. The van der Waals surface area contributed by atoms with Gasteiger partial charge < -0.3 is 14.1 Å². The monoisotopic (exact) mass is 411 g/mol. The second-order valence-electron chi connectivity index (χ2n) is 9.18. The SMILES string of the molecule is CCOC(=O)C1CCCN(C(=O)c2ccc(Cc3cc(C(C)(C)C)ccc3C)o2)C1. The van der Waals surface area contributed by atoms with Crippen LogP contribution in [0, 0.1) is 12.8 Å². The number of esters is 1. The lowest BCUT2D eigenvalue weighted by atomic mass is 9.85. The molecule has 1 saturated heterocycles. The summed E-state index contributed by atoms with van der Waals surface area (Å²) in [5, 5.41) is 0. The summed E-state index contributed by atoms with van der Waals surface area (Å²) in [6.07, 6.45) is 2.20. The number of carbonyl (C=O) groups excluding carboxylic acids is 2. The van der Waals surface area contributed by atoms with E-state index in [9.17, 15) is 9.59 Å². The third-order valence-electron chi connectivity index (χ3n) is 5.78. The summed E-state index contributed by atoms with van der Waals surface area (Å²) in [6.45, 7) is 11.9. The molecule has 162 valence electrons. The molecule has 0 spiro atoms. The molecule has 3 rings (SSSR count). The zero-order valence-corrected chi connectivity index (χ0v) is 18.8. The van der Waals surface area contributed by atoms with E-state index in [-0.39, 0.29) is 23.2 Å². The molecule has 1 aliphatic rings. The number of benzene rings is 1. The molecule has 0 radical (unpaired) electrons. The Balaban J connectivity index is 1.70. The normalized spacial score (nSPS) is 17.1. The van der Waals surface area contributed by atoms with Crippen LogP contribution in [0.4, 0.5) is 0 Å². The Morgan fingerprint density at radius 1 is 1.20 bits per heavy atom. The lowest BCUT2D eigenvalue weighted by Gasteiger charge is -2.30. The van der Waals surface area contributed by atoms with Crippen molar-refractivity contribution in [2.24, 2.45) is 5.92 Å². The number of amides is 1. The molecule has 1 amide bonds. The van der Waals surface area contributed by atoms with Crippen LogP contribution < -0.4 is 0 Å². The summed E-state index contributed by atoms with van der Waals surface area (Å²) in [7, 11) is 0. The summed E-state index contributed by atoms with van der Waals surface area (Å²) < 4.78 is 11.0. The predicted octanol–water partition coefficient (Wildman–Crippen LogP) is 4.89. The van der Waals surface area contributed by atoms with Crippen molar-refractivity contribution in [3.8, 4) is 0 Å². The van der Waals surface area contributed by atoms with Gasteiger partial charge in [-0.05, 0) is 60.9 Å². The lowest BCUT2D eigenvalue weighted by Crippen LogP contribution is -2.42. The van der Waals surface area contributed by atoms with Crippen molar-refractivity contribution < 1.29 is 18.7 Å². The Morgan fingerprint density at radius 3 is 2.67 bits per heavy atom. The lowest BCUT2D eigenvalue weighted by molar-refractivity contribution is -0.149. The van der Waals surface area contributed by atoms with Gasteiger partial charge in [0.15, 0.2) is 5.76 Å². The quantitative estimate of drug-likeness (QED) is 0.657. The van der Waals surface area contributed by atoms with Crippen molar-refractivity contribution in [1.82, 2.24) is 4.90 Å². The average molecular weight is 412 g/mol. The second-order valence-corrected chi connectivity index (χ2v) is 9.18. The van der Waals surface area contributed by atoms with Gasteiger partial charge in [0.05, 0.1) is 12.5 Å². The molecule has 1 aromatic carbocycles. The molecule has 0 bridgehead atoms. The molecule has 1 aromatic heterocycles. The summed E-state index contributed by atoms with van der Waals surface area (Å²) in [5.74, 6) is 0.477. The highest BCUT2D eigenvalue weighted by Gasteiger charge is 2.31. The summed E-state index contributed by atoms with van der Waals surface area (Å²) in [4.78, 5) is 26.7. The molecule has 5 nitrogen and oxygen atoms in total. The van der Waals surface area contributed by atoms with Crippen LogP contribution >= 0.6 is 0 Å². The molecular formula is C25H33NO4. The van der Waals surface area contributed by atoms with Gasteiger partial charge in [0, 0.05) is 19.5 Å². The molecule has 1 unspecified atom stereocenters. The van der Waals surface area contributed by atoms with E-state index >= 15 is 0 Å². The average Bonchev–Trinajstić information content (AvgIpc) is 3.17. The molecule has 1 fully saturated rings. The highest BCUT2D eigenvalue weighted by atomic mass is 16.5. The van der Waals surface area contributed by atoms with Crippen LogP contribution in [0.5, 0.6) is 0 Å². The Labute approximate surface area is 179 Å². The summed E-state index contributed by atoms with van der Waals surface area (Å²) in [5.41, 5.74) is 3.78. The minimum absolute atomic E-state index is 0.0798. The van der Waals surface area contributed by atoms with Gasteiger partial charge in [0.25, 0.3) is 5.91 Å². The largest absolute Gasteiger partial charge is 0.466 e. The van der Waals surface area contributed by atoms with Gasteiger partial charge >= 0.3 is 5.97 Å². The number of likely N-dealkylation sites (tertiary alicyclic amines) is 1. The van der Waals surface area contributed by atoms with Crippen LogP contribution in [-0.4, -0.2) is 36.5 Å². The van der Waals surface area contributed by atoms with Crippen LogP contribution in [0.25, 0.3) is 0 Å². The molecule has 0 saturated carbocycles. The van der Waals surface area contributed by atoms with Crippen molar-refractivity contribution in [2.45, 2.75) is 59.3 Å². The zero-order valence-electron chi connectivity index (χ0n) is 18.8. The maximum absolute atomic E-state index is 12.9. The van der Waals surface area contributed by atoms with E-state index in [0.29, 0.717) is 31.9 Å². The Hall–Kier alpha value is -2.56. The van der Waals surface area contributed by atoms with Crippen molar-refractivity contribution in [3.63, 3.8) is 0 Å². The summed E-state index contributed by atoms with van der Waals surface area (Å²) >= 11 is 0. The van der Waals surface area contributed by atoms with E-state index in [0.717, 1.165) is 18.6 Å². The Morgan fingerprint density at radius 2 is 1.97 bits per heavy atom. The fraction of sp³-hybridized carbons (Fsp3) is 0.520. The number of carbonyl (C=O) groups is 2.